The van der Waals surface area contributed by atoms with Crippen LogP contribution in [0.4, 0.5) is 0 Å². The monoisotopic (exact) mass is 291 g/mol. The van der Waals surface area contributed by atoms with Crippen LogP contribution in [-0.4, -0.2) is 36.5 Å². The van der Waals surface area contributed by atoms with Gasteiger partial charge in [0.2, 0.25) is 0 Å². The lowest BCUT2D eigenvalue weighted by molar-refractivity contribution is 0.0684. The highest BCUT2D eigenvalue weighted by molar-refractivity contribution is 6.03. The summed E-state index contributed by atoms with van der Waals surface area (Å²) in [6.07, 6.45) is 3.08. The maximum atomic E-state index is 12.1. The summed E-state index contributed by atoms with van der Waals surface area (Å²) in [5, 5.41) is 19.7. The van der Waals surface area contributed by atoms with E-state index < -0.39 is 11.9 Å². The Morgan fingerprint density at radius 3 is 2.71 bits per heavy atom. The molecule has 0 aliphatic carbocycles. The van der Waals surface area contributed by atoms with Gasteiger partial charge in [0.1, 0.15) is 0 Å². The highest BCUT2D eigenvalue weighted by Gasteiger charge is 2.21. The molecule has 8 heteroatoms. The zero-order valence-electron chi connectivity index (χ0n) is 12.1. The van der Waals surface area contributed by atoms with E-state index in [1.165, 1.54) is 10.9 Å². The summed E-state index contributed by atoms with van der Waals surface area (Å²) in [5.41, 5.74) is 1.66. The molecule has 1 amide bonds. The number of carboxylic acid groups (broad SMARTS) is 1. The molecule has 2 N–H and O–H groups in total. The Kier molecular flexibility index (Phi) is 4.06. The van der Waals surface area contributed by atoms with Gasteiger partial charge in [-0.2, -0.15) is 10.2 Å². The lowest BCUT2D eigenvalue weighted by Crippen LogP contribution is -2.24. The van der Waals surface area contributed by atoms with Crippen LogP contribution in [0, 0.1) is 6.92 Å². The Bertz CT molecular complexity index is 686. The largest absolute Gasteiger partial charge is 0.476 e. The van der Waals surface area contributed by atoms with Crippen LogP contribution in [0.3, 0.4) is 0 Å². The van der Waals surface area contributed by atoms with E-state index in [0.29, 0.717) is 6.54 Å². The lowest BCUT2D eigenvalue weighted by Gasteiger charge is -2.05. The van der Waals surface area contributed by atoms with E-state index >= 15 is 0 Å². The highest BCUT2D eigenvalue weighted by Crippen LogP contribution is 2.09. The molecule has 0 aliphatic rings. The number of carboxylic acids is 1. The van der Waals surface area contributed by atoms with E-state index in [0.717, 1.165) is 17.8 Å². The molecule has 0 fully saturated rings. The Morgan fingerprint density at radius 2 is 2.14 bits per heavy atom. The Balaban J connectivity index is 2.12. The van der Waals surface area contributed by atoms with Crippen LogP contribution < -0.4 is 5.32 Å². The number of aromatic nitrogens is 4. The number of rotatable bonds is 5. The van der Waals surface area contributed by atoms with E-state index in [9.17, 15) is 9.59 Å². The van der Waals surface area contributed by atoms with Crippen molar-refractivity contribution in [2.24, 2.45) is 7.05 Å². The second-order valence-corrected chi connectivity index (χ2v) is 4.62. The molecule has 2 rings (SSSR count). The van der Waals surface area contributed by atoms with E-state index in [1.807, 2.05) is 18.5 Å². The van der Waals surface area contributed by atoms with Gasteiger partial charge >= 0.3 is 5.97 Å². The summed E-state index contributed by atoms with van der Waals surface area (Å²) >= 11 is 0. The molecule has 2 aromatic rings. The molecule has 0 saturated carbocycles. The van der Waals surface area contributed by atoms with Crippen molar-refractivity contribution in [2.45, 2.75) is 26.9 Å². The summed E-state index contributed by atoms with van der Waals surface area (Å²) in [6, 6.07) is 0. The minimum absolute atomic E-state index is 0.0468. The first kappa shape index (κ1) is 14.8. The van der Waals surface area contributed by atoms with Crippen LogP contribution >= 0.6 is 0 Å². The van der Waals surface area contributed by atoms with Crippen LogP contribution in [-0.2, 0) is 20.1 Å². The predicted molar refractivity (Wildman–Crippen MR) is 74.0 cm³/mol. The SMILES string of the molecule is CCn1ncc(CNC(=O)c2cn(C)nc2C(=O)O)c1C. The third-order valence-corrected chi connectivity index (χ3v) is 3.22. The summed E-state index contributed by atoms with van der Waals surface area (Å²) in [4.78, 5) is 23.1. The van der Waals surface area contributed by atoms with Crippen LogP contribution in [0.15, 0.2) is 12.4 Å². The van der Waals surface area contributed by atoms with Crippen molar-refractivity contribution in [3.63, 3.8) is 0 Å². The van der Waals surface area contributed by atoms with Crippen LogP contribution in [0.1, 0.15) is 39.0 Å². The van der Waals surface area contributed by atoms with Gasteiger partial charge in [-0.15, -0.1) is 0 Å². The topological polar surface area (TPSA) is 102 Å². The van der Waals surface area contributed by atoms with Gasteiger partial charge in [0, 0.05) is 37.6 Å². The fourth-order valence-electron chi connectivity index (χ4n) is 2.06. The Morgan fingerprint density at radius 1 is 1.43 bits per heavy atom. The van der Waals surface area contributed by atoms with Crippen LogP contribution in [0.5, 0.6) is 0 Å². The summed E-state index contributed by atoms with van der Waals surface area (Å²) in [5.74, 6) is -1.69. The lowest BCUT2D eigenvalue weighted by atomic mass is 10.2. The minimum Gasteiger partial charge on any atom is -0.476 e. The van der Waals surface area contributed by atoms with Crippen LogP contribution in [0.2, 0.25) is 0 Å². The molecule has 0 bridgehead atoms. The van der Waals surface area contributed by atoms with Gasteiger partial charge in [-0.3, -0.25) is 14.2 Å². The number of amides is 1. The zero-order chi connectivity index (χ0) is 15.6. The molecule has 0 spiro atoms. The number of nitrogens with one attached hydrogen (secondary N) is 1. The average Bonchev–Trinajstić information content (AvgIpc) is 2.99. The van der Waals surface area contributed by atoms with E-state index in [-0.39, 0.29) is 11.3 Å². The molecule has 0 atom stereocenters. The molecule has 2 heterocycles. The summed E-state index contributed by atoms with van der Waals surface area (Å²) in [6.45, 7) is 4.95. The van der Waals surface area contributed by atoms with Gasteiger partial charge in [-0.25, -0.2) is 4.79 Å². The van der Waals surface area contributed by atoms with Crippen molar-refractivity contribution in [3.05, 3.63) is 34.9 Å². The van der Waals surface area contributed by atoms with E-state index in [4.69, 9.17) is 5.11 Å². The number of aromatic carboxylic acids is 1. The number of hydrogen-bond donors (Lipinski definition) is 2. The van der Waals surface area contributed by atoms with Crippen molar-refractivity contribution < 1.29 is 14.7 Å². The minimum atomic E-state index is -1.23. The highest BCUT2D eigenvalue weighted by atomic mass is 16.4. The van der Waals surface area contributed by atoms with E-state index in [1.54, 1.807) is 13.2 Å². The Hall–Kier alpha value is -2.64. The number of carbonyl (C=O) groups is 2. The number of carbonyl (C=O) groups excluding carboxylic acids is 1. The molecule has 0 aromatic carbocycles. The van der Waals surface area contributed by atoms with Crippen LogP contribution in [0.25, 0.3) is 0 Å². The quantitative estimate of drug-likeness (QED) is 0.838. The molecule has 8 nitrogen and oxygen atoms in total. The van der Waals surface area contributed by atoms with Gasteiger partial charge in [-0.1, -0.05) is 0 Å². The number of aryl methyl sites for hydroxylation is 2. The fourth-order valence-corrected chi connectivity index (χ4v) is 2.06. The van der Waals surface area contributed by atoms with Gasteiger partial charge in [-0.05, 0) is 13.8 Å². The van der Waals surface area contributed by atoms with Crippen molar-refractivity contribution in [2.75, 3.05) is 0 Å². The van der Waals surface area contributed by atoms with Gasteiger partial charge in [0.05, 0.1) is 11.8 Å². The normalized spacial score (nSPS) is 10.6. The number of nitrogens with zero attached hydrogens (tertiary/aromatic N) is 4. The number of hydrogen-bond acceptors (Lipinski definition) is 4. The molecule has 0 radical (unpaired) electrons. The molecule has 112 valence electrons. The maximum Gasteiger partial charge on any atom is 0.357 e. The summed E-state index contributed by atoms with van der Waals surface area (Å²) in [7, 11) is 1.57. The smallest absolute Gasteiger partial charge is 0.357 e. The van der Waals surface area contributed by atoms with Gasteiger partial charge < -0.3 is 10.4 Å². The first-order valence-electron chi connectivity index (χ1n) is 6.50. The van der Waals surface area contributed by atoms with Gasteiger partial charge in [0.25, 0.3) is 5.91 Å². The third kappa shape index (κ3) is 2.93. The second-order valence-electron chi connectivity index (χ2n) is 4.62. The molecule has 2 aromatic heterocycles. The van der Waals surface area contributed by atoms with Gasteiger partial charge in [0.15, 0.2) is 5.69 Å². The second kappa shape index (κ2) is 5.78. The first-order valence-corrected chi connectivity index (χ1v) is 6.50. The van der Waals surface area contributed by atoms with Crippen molar-refractivity contribution in [1.82, 2.24) is 24.9 Å². The van der Waals surface area contributed by atoms with Crippen molar-refractivity contribution in [3.8, 4) is 0 Å². The van der Waals surface area contributed by atoms with Crippen molar-refractivity contribution >= 4 is 11.9 Å². The van der Waals surface area contributed by atoms with Crippen molar-refractivity contribution in [1.29, 1.82) is 0 Å². The first-order chi connectivity index (χ1) is 9.93. The maximum absolute atomic E-state index is 12.1. The standard InChI is InChI=1S/C13H17N5O3/c1-4-18-8(2)9(6-15-18)5-14-12(19)10-7-17(3)16-11(10)13(20)21/h6-7H,4-5H2,1-3H3,(H,14,19)(H,20,21). The molecular weight excluding hydrogens is 274 g/mol. The average molecular weight is 291 g/mol. The molecule has 0 saturated heterocycles. The fraction of sp³-hybridized carbons (Fsp3) is 0.385. The zero-order valence-corrected chi connectivity index (χ0v) is 12.1. The molecule has 0 aliphatic heterocycles. The molecule has 21 heavy (non-hydrogen) atoms. The summed E-state index contributed by atoms with van der Waals surface area (Å²) < 4.78 is 3.13. The Labute approximate surface area is 121 Å². The predicted octanol–water partition coefficient (Wildman–Crippen LogP) is 0.573. The van der Waals surface area contributed by atoms with E-state index in [2.05, 4.69) is 15.5 Å². The molecular formula is C13H17N5O3. The molecule has 0 unspecified atom stereocenters. The third-order valence-electron chi connectivity index (χ3n) is 3.22.